The summed E-state index contributed by atoms with van der Waals surface area (Å²) in [6.07, 6.45) is 0.619. The average Bonchev–Trinajstić information content (AvgIpc) is 3.16. The molecule has 168 valence electrons. The van der Waals surface area contributed by atoms with Crippen LogP contribution in [0.3, 0.4) is 0 Å². The summed E-state index contributed by atoms with van der Waals surface area (Å²) in [6, 6.07) is 22.1. The second-order valence-corrected chi connectivity index (χ2v) is 7.78. The number of carbonyl (C=O) groups excluding carboxylic acids is 1. The van der Waals surface area contributed by atoms with Crippen LogP contribution in [0.5, 0.6) is 11.5 Å². The molecule has 0 saturated heterocycles. The standard InChI is InChI=1S/C27H25NO5/c1-18-16-23-21(17-26(29)30)7-5-8-24(23)28(18)27(31)20-10-12-22(13-11-20)33-15-14-19-6-3-4-9-25(19)32-2/h3-13,16H,14-15,17H2,1-2H3,(H,29,30). The highest BCUT2D eigenvalue weighted by Gasteiger charge is 2.17. The molecular weight excluding hydrogens is 418 g/mol. The second kappa shape index (κ2) is 9.61. The van der Waals surface area contributed by atoms with Crippen molar-refractivity contribution in [2.75, 3.05) is 13.7 Å². The molecule has 0 atom stereocenters. The van der Waals surface area contributed by atoms with E-state index in [0.717, 1.165) is 22.4 Å². The number of rotatable bonds is 8. The van der Waals surface area contributed by atoms with E-state index >= 15 is 0 Å². The maximum absolute atomic E-state index is 13.2. The molecule has 3 aromatic carbocycles. The topological polar surface area (TPSA) is 77.8 Å². The number of hydrogen-bond donors (Lipinski definition) is 1. The summed E-state index contributed by atoms with van der Waals surface area (Å²) in [6.45, 7) is 2.33. The fourth-order valence-corrected chi connectivity index (χ4v) is 4.02. The molecule has 0 saturated carbocycles. The highest BCUT2D eigenvalue weighted by Crippen LogP contribution is 2.26. The second-order valence-electron chi connectivity index (χ2n) is 7.78. The number of carbonyl (C=O) groups is 2. The Labute approximate surface area is 192 Å². The van der Waals surface area contributed by atoms with Gasteiger partial charge in [-0.05, 0) is 60.5 Å². The zero-order valence-corrected chi connectivity index (χ0v) is 18.6. The van der Waals surface area contributed by atoms with E-state index in [9.17, 15) is 14.7 Å². The van der Waals surface area contributed by atoms with Gasteiger partial charge in [0.25, 0.3) is 5.91 Å². The number of aryl methyl sites for hydroxylation is 1. The molecule has 4 aromatic rings. The first-order valence-electron chi connectivity index (χ1n) is 10.7. The highest BCUT2D eigenvalue weighted by atomic mass is 16.5. The van der Waals surface area contributed by atoms with Crippen LogP contribution in [0, 0.1) is 6.92 Å². The number of aliphatic carboxylic acids is 1. The van der Waals surface area contributed by atoms with Crippen molar-refractivity contribution in [1.29, 1.82) is 0 Å². The van der Waals surface area contributed by atoms with E-state index in [-0.39, 0.29) is 12.3 Å². The summed E-state index contributed by atoms with van der Waals surface area (Å²) < 4.78 is 12.8. The zero-order valence-electron chi connectivity index (χ0n) is 18.6. The van der Waals surface area contributed by atoms with E-state index in [2.05, 4.69) is 0 Å². The Morgan fingerprint density at radius 3 is 2.39 bits per heavy atom. The minimum absolute atomic E-state index is 0.0874. The van der Waals surface area contributed by atoms with Crippen molar-refractivity contribution >= 4 is 22.8 Å². The van der Waals surface area contributed by atoms with Gasteiger partial charge in [-0.1, -0.05) is 30.3 Å². The molecule has 0 aliphatic heterocycles. The first-order valence-corrected chi connectivity index (χ1v) is 10.7. The van der Waals surface area contributed by atoms with E-state index in [1.165, 1.54) is 0 Å². The van der Waals surface area contributed by atoms with Crippen LogP contribution in [0.4, 0.5) is 0 Å². The molecule has 0 radical (unpaired) electrons. The SMILES string of the molecule is COc1ccccc1CCOc1ccc(C(=O)n2c(C)cc3c(CC(=O)O)cccc32)cc1. The van der Waals surface area contributed by atoms with Gasteiger partial charge in [0.15, 0.2) is 0 Å². The lowest BCUT2D eigenvalue weighted by atomic mass is 10.1. The molecule has 1 N–H and O–H groups in total. The Balaban J connectivity index is 1.49. The first-order chi connectivity index (χ1) is 16.0. The Bertz CT molecular complexity index is 1300. The van der Waals surface area contributed by atoms with Crippen LogP contribution in [-0.2, 0) is 17.6 Å². The largest absolute Gasteiger partial charge is 0.496 e. The molecule has 4 rings (SSSR count). The van der Waals surface area contributed by atoms with E-state index in [1.807, 2.05) is 43.3 Å². The molecule has 33 heavy (non-hydrogen) atoms. The molecular formula is C27H25NO5. The number of carboxylic acids is 1. The lowest BCUT2D eigenvalue weighted by molar-refractivity contribution is -0.136. The van der Waals surface area contributed by atoms with Crippen LogP contribution in [-0.4, -0.2) is 35.3 Å². The summed E-state index contributed by atoms with van der Waals surface area (Å²) in [5.74, 6) is 0.443. The number of ether oxygens (including phenoxy) is 2. The van der Waals surface area contributed by atoms with Gasteiger partial charge in [0.05, 0.1) is 25.7 Å². The van der Waals surface area contributed by atoms with E-state index < -0.39 is 5.97 Å². The quantitative estimate of drug-likeness (QED) is 0.419. The summed E-state index contributed by atoms with van der Waals surface area (Å²) in [7, 11) is 1.65. The fourth-order valence-electron chi connectivity index (χ4n) is 4.02. The monoisotopic (exact) mass is 443 g/mol. The van der Waals surface area contributed by atoms with Crippen molar-refractivity contribution in [1.82, 2.24) is 4.57 Å². The van der Waals surface area contributed by atoms with Crippen molar-refractivity contribution < 1.29 is 24.2 Å². The number of methoxy groups -OCH3 is 1. The molecule has 0 spiro atoms. The number of benzene rings is 3. The van der Waals surface area contributed by atoms with Crippen LogP contribution >= 0.6 is 0 Å². The fraction of sp³-hybridized carbons (Fsp3) is 0.185. The summed E-state index contributed by atoms with van der Waals surface area (Å²) in [5, 5.41) is 9.96. The van der Waals surface area contributed by atoms with Gasteiger partial charge in [-0.2, -0.15) is 0 Å². The molecule has 0 aliphatic rings. The Hall–Kier alpha value is -4.06. The zero-order chi connectivity index (χ0) is 23.4. The predicted octanol–water partition coefficient (Wildman–Crippen LogP) is 4.90. The van der Waals surface area contributed by atoms with Gasteiger partial charge < -0.3 is 14.6 Å². The molecule has 0 unspecified atom stereocenters. The number of hydrogen-bond acceptors (Lipinski definition) is 4. The van der Waals surface area contributed by atoms with Gasteiger partial charge >= 0.3 is 5.97 Å². The smallest absolute Gasteiger partial charge is 0.307 e. The van der Waals surface area contributed by atoms with Gasteiger partial charge in [0.2, 0.25) is 0 Å². The minimum Gasteiger partial charge on any atom is -0.496 e. The van der Waals surface area contributed by atoms with Crippen LogP contribution in [0.1, 0.15) is 27.2 Å². The van der Waals surface area contributed by atoms with Crippen molar-refractivity contribution in [2.45, 2.75) is 19.8 Å². The third kappa shape index (κ3) is 4.75. The number of para-hydroxylation sites is 1. The maximum atomic E-state index is 13.2. The number of nitrogens with zero attached hydrogens (tertiary/aromatic N) is 1. The van der Waals surface area contributed by atoms with E-state index in [4.69, 9.17) is 9.47 Å². The Morgan fingerprint density at radius 2 is 1.67 bits per heavy atom. The van der Waals surface area contributed by atoms with Gasteiger partial charge in [-0.25, -0.2) is 0 Å². The van der Waals surface area contributed by atoms with E-state index in [0.29, 0.717) is 35.4 Å². The lowest BCUT2D eigenvalue weighted by Crippen LogP contribution is -2.13. The molecule has 1 heterocycles. The summed E-state index contributed by atoms with van der Waals surface area (Å²) in [5.41, 5.74) is 3.74. The minimum atomic E-state index is -0.902. The van der Waals surface area contributed by atoms with Crippen molar-refractivity contribution in [3.05, 3.63) is 95.2 Å². The predicted molar refractivity (Wildman–Crippen MR) is 126 cm³/mol. The highest BCUT2D eigenvalue weighted by molar-refractivity contribution is 6.04. The van der Waals surface area contributed by atoms with Crippen LogP contribution < -0.4 is 9.47 Å². The van der Waals surface area contributed by atoms with E-state index in [1.54, 1.807) is 48.1 Å². The molecule has 0 aliphatic carbocycles. The third-order valence-electron chi connectivity index (χ3n) is 5.60. The van der Waals surface area contributed by atoms with Crippen LogP contribution in [0.2, 0.25) is 0 Å². The third-order valence-corrected chi connectivity index (χ3v) is 5.60. The van der Waals surface area contributed by atoms with Crippen LogP contribution in [0.25, 0.3) is 10.9 Å². The summed E-state index contributed by atoms with van der Waals surface area (Å²) >= 11 is 0. The first kappa shape index (κ1) is 22.1. The molecule has 0 bridgehead atoms. The van der Waals surface area contributed by atoms with Crippen molar-refractivity contribution in [2.24, 2.45) is 0 Å². The molecule has 6 nitrogen and oxygen atoms in total. The van der Waals surface area contributed by atoms with Crippen molar-refractivity contribution in [3.8, 4) is 11.5 Å². The lowest BCUT2D eigenvalue weighted by Gasteiger charge is -2.11. The molecule has 6 heteroatoms. The van der Waals surface area contributed by atoms with Crippen molar-refractivity contribution in [3.63, 3.8) is 0 Å². The Kier molecular flexibility index (Phi) is 6.45. The van der Waals surface area contributed by atoms with Crippen LogP contribution in [0.15, 0.2) is 72.8 Å². The number of carboxylic acid groups (broad SMARTS) is 1. The Morgan fingerprint density at radius 1 is 0.939 bits per heavy atom. The normalized spacial score (nSPS) is 10.8. The average molecular weight is 443 g/mol. The molecule has 0 fully saturated rings. The van der Waals surface area contributed by atoms with Gasteiger partial charge in [-0.3, -0.25) is 14.2 Å². The van der Waals surface area contributed by atoms with Gasteiger partial charge in [0.1, 0.15) is 11.5 Å². The number of fused-ring (bicyclic) bond motifs is 1. The maximum Gasteiger partial charge on any atom is 0.307 e. The van der Waals surface area contributed by atoms with Gasteiger partial charge in [0, 0.05) is 23.1 Å². The number of aromatic nitrogens is 1. The van der Waals surface area contributed by atoms with Gasteiger partial charge in [-0.15, -0.1) is 0 Å². The summed E-state index contributed by atoms with van der Waals surface area (Å²) in [4.78, 5) is 24.4. The molecule has 1 aromatic heterocycles. The molecule has 0 amide bonds.